The van der Waals surface area contributed by atoms with Crippen LogP contribution < -0.4 is 10.6 Å². The highest BCUT2D eigenvalue weighted by Gasteiger charge is 2.25. The van der Waals surface area contributed by atoms with Crippen molar-refractivity contribution in [2.45, 2.75) is 45.1 Å². The van der Waals surface area contributed by atoms with Gasteiger partial charge >= 0.3 is 0 Å². The van der Waals surface area contributed by atoms with Gasteiger partial charge in [0.05, 0.1) is 22.0 Å². The minimum Gasteiger partial charge on any atom is -0.396 e. The Morgan fingerprint density at radius 2 is 2.00 bits per heavy atom. The summed E-state index contributed by atoms with van der Waals surface area (Å²) < 4.78 is 0.989. The van der Waals surface area contributed by atoms with Crippen LogP contribution in [0.5, 0.6) is 0 Å². The van der Waals surface area contributed by atoms with Crippen molar-refractivity contribution in [3.05, 3.63) is 16.9 Å². The molecular formula is C14H22BrN3. The lowest BCUT2D eigenvalue weighted by molar-refractivity contribution is 0.313. The molecule has 0 amide bonds. The molecule has 1 heterocycles. The van der Waals surface area contributed by atoms with Crippen LogP contribution in [0.25, 0.3) is 0 Å². The molecule has 3 nitrogen and oxygen atoms in total. The van der Waals surface area contributed by atoms with E-state index < -0.39 is 0 Å². The smallest absolute Gasteiger partial charge is 0.0775 e. The van der Waals surface area contributed by atoms with Gasteiger partial charge in [0.2, 0.25) is 0 Å². The second-order valence-corrected chi connectivity index (χ2v) is 6.11. The van der Waals surface area contributed by atoms with Crippen LogP contribution >= 0.6 is 15.9 Å². The molecule has 0 aromatic carbocycles. The molecule has 1 saturated carbocycles. The largest absolute Gasteiger partial charge is 0.396 e. The van der Waals surface area contributed by atoms with Crippen LogP contribution in [0.3, 0.4) is 0 Å². The van der Waals surface area contributed by atoms with E-state index in [1.165, 1.54) is 32.1 Å². The lowest BCUT2D eigenvalue weighted by atomic mass is 9.84. The number of aromatic nitrogens is 1. The van der Waals surface area contributed by atoms with Crippen molar-refractivity contribution in [1.82, 2.24) is 4.98 Å². The molecule has 1 aliphatic carbocycles. The van der Waals surface area contributed by atoms with Crippen molar-refractivity contribution in [2.24, 2.45) is 5.92 Å². The first-order chi connectivity index (χ1) is 8.63. The van der Waals surface area contributed by atoms with Crippen LogP contribution in [0.4, 0.5) is 11.4 Å². The molecule has 1 aromatic rings. The van der Waals surface area contributed by atoms with Crippen molar-refractivity contribution in [1.29, 1.82) is 0 Å². The Morgan fingerprint density at radius 3 is 2.56 bits per heavy atom. The third kappa shape index (κ3) is 2.79. The SMILES string of the molecule is CCC1CCC(N(C)c2c(N)cncc2Br)CC1. The second kappa shape index (κ2) is 5.91. The Bertz CT molecular complexity index is 380. The van der Waals surface area contributed by atoms with Gasteiger partial charge in [0.15, 0.2) is 0 Å². The molecule has 0 aliphatic heterocycles. The van der Waals surface area contributed by atoms with E-state index in [-0.39, 0.29) is 0 Å². The fourth-order valence-electron chi connectivity index (χ4n) is 2.94. The highest BCUT2D eigenvalue weighted by atomic mass is 79.9. The van der Waals surface area contributed by atoms with Gasteiger partial charge in [-0.3, -0.25) is 4.98 Å². The summed E-state index contributed by atoms with van der Waals surface area (Å²) in [6.07, 6.45) is 10.1. The Hall–Kier alpha value is -0.770. The number of nitrogens with zero attached hydrogens (tertiary/aromatic N) is 2. The van der Waals surface area contributed by atoms with Crippen molar-refractivity contribution in [3.63, 3.8) is 0 Å². The number of halogens is 1. The third-order valence-corrected chi connectivity index (χ3v) is 4.78. The molecule has 0 radical (unpaired) electrons. The lowest BCUT2D eigenvalue weighted by Crippen LogP contribution is -2.35. The number of pyridine rings is 1. The Labute approximate surface area is 118 Å². The maximum Gasteiger partial charge on any atom is 0.0775 e. The van der Waals surface area contributed by atoms with Crippen LogP contribution in [-0.2, 0) is 0 Å². The van der Waals surface area contributed by atoms with E-state index in [0.29, 0.717) is 6.04 Å². The van der Waals surface area contributed by atoms with E-state index in [4.69, 9.17) is 5.73 Å². The number of hydrogen-bond acceptors (Lipinski definition) is 3. The average molecular weight is 312 g/mol. The molecule has 0 saturated heterocycles. The molecule has 2 rings (SSSR count). The minimum atomic E-state index is 0.605. The van der Waals surface area contributed by atoms with Gasteiger partial charge in [-0.15, -0.1) is 0 Å². The van der Waals surface area contributed by atoms with Crippen LogP contribution in [-0.4, -0.2) is 18.1 Å². The quantitative estimate of drug-likeness (QED) is 0.922. The predicted octanol–water partition coefficient (Wildman–Crippen LogP) is 3.83. The Kier molecular flexibility index (Phi) is 4.49. The summed E-state index contributed by atoms with van der Waals surface area (Å²) in [7, 11) is 2.15. The van der Waals surface area contributed by atoms with Gasteiger partial charge in [0, 0.05) is 19.3 Å². The van der Waals surface area contributed by atoms with Gasteiger partial charge in [-0.25, -0.2) is 0 Å². The number of nitrogens with two attached hydrogens (primary N) is 1. The zero-order chi connectivity index (χ0) is 13.1. The number of hydrogen-bond donors (Lipinski definition) is 1. The summed E-state index contributed by atoms with van der Waals surface area (Å²) in [6, 6.07) is 0.605. The van der Waals surface area contributed by atoms with Crippen LogP contribution in [0.2, 0.25) is 0 Å². The van der Waals surface area contributed by atoms with Gasteiger partial charge in [-0.05, 0) is 47.5 Å². The Balaban J connectivity index is 2.10. The lowest BCUT2D eigenvalue weighted by Gasteiger charge is -2.36. The highest BCUT2D eigenvalue weighted by molar-refractivity contribution is 9.10. The van der Waals surface area contributed by atoms with E-state index in [0.717, 1.165) is 21.8 Å². The first-order valence-corrected chi connectivity index (χ1v) is 7.54. The zero-order valence-corrected chi connectivity index (χ0v) is 12.8. The summed E-state index contributed by atoms with van der Waals surface area (Å²) in [6.45, 7) is 2.30. The van der Waals surface area contributed by atoms with Crippen LogP contribution in [0.15, 0.2) is 16.9 Å². The maximum absolute atomic E-state index is 6.05. The van der Waals surface area contributed by atoms with E-state index in [9.17, 15) is 0 Å². The van der Waals surface area contributed by atoms with E-state index >= 15 is 0 Å². The molecule has 4 heteroatoms. The number of anilines is 2. The topological polar surface area (TPSA) is 42.1 Å². The fraction of sp³-hybridized carbons (Fsp3) is 0.643. The fourth-order valence-corrected chi connectivity index (χ4v) is 3.57. The molecule has 100 valence electrons. The molecule has 0 atom stereocenters. The third-order valence-electron chi connectivity index (χ3n) is 4.20. The van der Waals surface area contributed by atoms with Crippen molar-refractivity contribution < 1.29 is 0 Å². The van der Waals surface area contributed by atoms with Gasteiger partial charge in [-0.1, -0.05) is 13.3 Å². The summed E-state index contributed by atoms with van der Waals surface area (Å²) in [5, 5.41) is 0. The molecule has 1 fully saturated rings. The molecule has 0 unspecified atom stereocenters. The van der Waals surface area contributed by atoms with Gasteiger partial charge in [0.1, 0.15) is 0 Å². The summed E-state index contributed by atoms with van der Waals surface area (Å²) in [4.78, 5) is 6.43. The van der Waals surface area contributed by atoms with E-state index in [1.807, 2.05) is 6.20 Å². The standard InChI is InChI=1S/C14H22BrN3/c1-3-10-4-6-11(7-5-10)18(2)14-12(15)8-17-9-13(14)16/h8-11H,3-7,16H2,1-2H3. The number of nitrogen functional groups attached to an aromatic ring is 1. The summed E-state index contributed by atoms with van der Waals surface area (Å²) in [5.74, 6) is 0.924. The molecule has 2 N–H and O–H groups in total. The molecule has 1 aromatic heterocycles. The number of rotatable bonds is 3. The summed E-state index contributed by atoms with van der Waals surface area (Å²) >= 11 is 3.56. The molecular weight excluding hydrogens is 290 g/mol. The van der Waals surface area contributed by atoms with Crippen LogP contribution in [0.1, 0.15) is 39.0 Å². The van der Waals surface area contributed by atoms with E-state index in [2.05, 4.69) is 39.8 Å². The summed E-state index contributed by atoms with van der Waals surface area (Å²) in [5.41, 5.74) is 7.89. The van der Waals surface area contributed by atoms with Gasteiger partial charge in [0.25, 0.3) is 0 Å². The monoisotopic (exact) mass is 311 g/mol. The van der Waals surface area contributed by atoms with Crippen molar-refractivity contribution in [2.75, 3.05) is 17.7 Å². The predicted molar refractivity (Wildman–Crippen MR) is 80.8 cm³/mol. The second-order valence-electron chi connectivity index (χ2n) is 5.25. The zero-order valence-electron chi connectivity index (χ0n) is 11.2. The normalized spacial score (nSPS) is 23.9. The first kappa shape index (κ1) is 13.7. The van der Waals surface area contributed by atoms with Crippen molar-refractivity contribution >= 4 is 27.3 Å². The van der Waals surface area contributed by atoms with Gasteiger partial charge < -0.3 is 10.6 Å². The van der Waals surface area contributed by atoms with Crippen LogP contribution in [0, 0.1) is 5.92 Å². The van der Waals surface area contributed by atoms with Gasteiger partial charge in [-0.2, -0.15) is 0 Å². The Morgan fingerprint density at radius 1 is 1.33 bits per heavy atom. The maximum atomic E-state index is 6.05. The molecule has 0 bridgehead atoms. The average Bonchev–Trinajstić information content (AvgIpc) is 2.38. The minimum absolute atomic E-state index is 0.605. The molecule has 0 spiro atoms. The molecule has 1 aliphatic rings. The first-order valence-electron chi connectivity index (χ1n) is 6.75. The highest BCUT2D eigenvalue weighted by Crippen LogP contribution is 2.36. The van der Waals surface area contributed by atoms with E-state index in [1.54, 1.807) is 6.20 Å². The molecule has 18 heavy (non-hydrogen) atoms. The van der Waals surface area contributed by atoms with Crippen molar-refractivity contribution in [3.8, 4) is 0 Å².